The van der Waals surface area contributed by atoms with Crippen molar-refractivity contribution in [2.24, 2.45) is 0 Å². The van der Waals surface area contributed by atoms with E-state index in [4.69, 9.17) is 13.2 Å². The van der Waals surface area contributed by atoms with Crippen LogP contribution in [0.15, 0.2) is 133 Å². The number of fused-ring (bicyclic) bond motifs is 1. The molecule has 1 N–H and O–H groups in total. The Morgan fingerprint density at radius 3 is 1.84 bits per heavy atom. The van der Waals surface area contributed by atoms with Crippen LogP contribution in [0.1, 0.15) is 120 Å². The first kappa shape index (κ1) is 37.8. The number of imidazole rings is 1. The van der Waals surface area contributed by atoms with Crippen LogP contribution in [0.5, 0.6) is 5.75 Å². The van der Waals surface area contributed by atoms with Crippen LogP contribution in [0.3, 0.4) is 0 Å². The van der Waals surface area contributed by atoms with E-state index >= 15 is 0 Å². The normalized spacial score (nSPS) is 13.9. The fourth-order valence-corrected chi connectivity index (χ4v) is 7.94. The van der Waals surface area contributed by atoms with E-state index in [-0.39, 0.29) is 90.2 Å². The molecule has 6 aromatic carbocycles. The van der Waals surface area contributed by atoms with Crippen LogP contribution >= 0.6 is 0 Å². The minimum Gasteiger partial charge on any atom is -0.507 e. The topological polar surface area (TPSA) is 50.9 Å². The predicted molar refractivity (Wildman–Crippen MR) is 266 cm³/mol. The Labute approximate surface area is 406 Å². The summed E-state index contributed by atoms with van der Waals surface area (Å²) in [6.07, 6.45) is -0.473. The molecule has 0 atom stereocenters. The van der Waals surface area contributed by atoms with Crippen molar-refractivity contribution in [2.75, 3.05) is 0 Å². The summed E-state index contributed by atoms with van der Waals surface area (Å²) in [5, 5.41) is 12.6. The van der Waals surface area contributed by atoms with Crippen LogP contribution in [0.2, 0.25) is 0 Å². The first-order chi connectivity index (χ1) is 32.5. The van der Waals surface area contributed by atoms with Gasteiger partial charge in [0.2, 0.25) is 0 Å². The van der Waals surface area contributed by atoms with Crippen molar-refractivity contribution in [1.82, 2.24) is 14.5 Å². The second-order valence-electron chi connectivity index (χ2n) is 20.9. The number of aromatic hydroxyl groups is 1. The molecule has 64 heavy (non-hydrogen) atoms. The molecule has 8 rings (SSSR count). The fraction of sp³-hybridized carbons (Fsp3) is 0.288. The van der Waals surface area contributed by atoms with Crippen LogP contribution in [0, 0.1) is 13.0 Å². The van der Waals surface area contributed by atoms with Crippen LogP contribution < -0.4 is 0 Å². The molecule has 2 aromatic heterocycles. The maximum atomic E-state index is 12.6. The molecule has 4 nitrogen and oxygen atoms in total. The minimum absolute atomic E-state index is 0. The maximum absolute atomic E-state index is 12.6. The summed E-state index contributed by atoms with van der Waals surface area (Å²) >= 11 is 0. The predicted octanol–water partition coefficient (Wildman–Crippen LogP) is 15.8. The summed E-state index contributed by atoms with van der Waals surface area (Å²) < 4.78 is 64.4. The van der Waals surface area contributed by atoms with E-state index in [9.17, 15) is 6.48 Å². The van der Waals surface area contributed by atoms with E-state index in [0.29, 0.717) is 33.6 Å². The molecule has 330 valence electrons. The van der Waals surface area contributed by atoms with Crippen molar-refractivity contribution in [3.8, 4) is 67.5 Å². The van der Waals surface area contributed by atoms with Gasteiger partial charge in [-0.05, 0) is 86.7 Å². The summed E-state index contributed by atoms with van der Waals surface area (Å²) in [6, 6.07) is 32.5. The molecule has 0 radical (unpaired) electrons. The largest absolute Gasteiger partial charge is 0.507 e. The quantitative estimate of drug-likeness (QED) is 0.169. The molecule has 2 heterocycles. The van der Waals surface area contributed by atoms with Gasteiger partial charge in [0.25, 0.3) is 0 Å². The van der Waals surface area contributed by atoms with Gasteiger partial charge in [-0.25, -0.2) is 4.98 Å². The van der Waals surface area contributed by atoms with Gasteiger partial charge in [0.1, 0.15) is 11.6 Å². The average molecular weight is 1030 g/mol. The minimum atomic E-state index is -0.473. The summed E-state index contributed by atoms with van der Waals surface area (Å²) in [5.74, 6) is 0.700. The van der Waals surface area contributed by atoms with Gasteiger partial charge in [-0.3, -0.25) is 9.55 Å². The first-order valence-electron chi connectivity index (χ1n) is 25.2. The van der Waals surface area contributed by atoms with Crippen LogP contribution in [-0.2, 0) is 42.7 Å². The molecule has 0 bridgehead atoms. The Balaban J connectivity index is 0.00000741. The van der Waals surface area contributed by atoms with E-state index in [2.05, 4.69) is 141 Å². The van der Waals surface area contributed by atoms with Gasteiger partial charge in [-0.15, -0.1) is 29.3 Å². The number of nitrogens with zero attached hydrogens (tertiary/aromatic N) is 3. The van der Waals surface area contributed by atoms with Gasteiger partial charge in [0.05, 0.1) is 31.9 Å². The Morgan fingerprint density at radius 1 is 0.578 bits per heavy atom. The second-order valence-corrected chi connectivity index (χ2v) is 20.9. The number of phenolic OH excluding ortho intramolecular Hbond substituents is 1. The third-order valence-electron chi connectivity index (χ3n) is 11.8. The number of hydrogen-bond acceptors (Lipinski definition) is 3. The van der Waals surface area contributed by atoms with Crippen molar-refractivity contribution in [3.05, 3.63) is 167 Å². The van der Waals surface area contributed by atoms with Crippen LogP contribution in [0.25, 0.3) is 72.7 Å². The van der Waals surface area contributed by atoms with E-state index in [1.807, 2.05) is 48.5 Å². The van der Waals surface area contributed by atoms with E-state index in [0.717, 1.165) is 44.6 Å². The Hall–Kier alpha value is -5.57. The molecule has 0 saturated heterocycles. The summed E-state index contributed by atoms with van der Waals surface area (Å²) in [6.45, 7) is 27.2. The Bertz CT molecular complexity index is 3380. The molecule has 0 saturated carbocycles. The first-order valence-corrected chi connectivity index (χ1v) is 21.7. The monoisotopic (exact) mass is 1030 g/mol. The molecule has 0 amide bonds. The third kappa shape index (κ3) is 9.18. The zero-order valence-electron chi connectivity index (χ0n) is 46.3. The number of hydrogen-bond donors (Lipinski definition) is 1. The van der Waals surface area contributed by atoms with Gasteiger partial charge in [0.15, 0.2) is 0 Å². The molecule has 8 aromatic rings. The number of benzene rings is 6. The summed E-state index contributed by atoms with van der Waals surface area (Å²) in [7, 11) is 0. The number of aromatic nitrogens is 3. The number of pyridine rings is 1. The summed E-state index contributed by atoms with van der Waals surface area (Å²) in [4.78, 5) is 10.1. The van der Waals surface area contributed by atoms with Crippen molar-refractivity contribution < 1.29 is 35.8 Å². The van der Waals surface area contributed by atoms with Gasteiger partial charge in [-0.1, -0.05) is 185 Å². The summed E-state index contributed by atoms with van der Waals surface area (Å²) in [5.41, 5.74) is 8.94. The number of para-hydroxylation sites is 1. The Kier molecular flexibility index (Phi) is 10.1. The zero-order chi connectivity index (χ0) is 51.3. The SMILES string of the molecule is [2H]c1nc(-c2[c-]c(-c3cccc4c3nc(-c3cc(C(C)(C)C)cc(C(C)(C)C)c3O)n4-c3ccc(C(C)(C)C)cc3-c3ccccc3)cc(C(C)(C)C)c2)c([2H])c(-c2c([2H])c([2H])c(C)c([2H])c2[2H])c1[2H].[Pt]. The molecule has 0 aliphatic rings. The second kappa shape index (κ2) is 17.1. The van der Waals surface area contributed by atoms with Crippen molar-refractivity contribution in [3.63, 3.8) is 0 Å². The van der Waals surface area contributed by atoms with Crippen molar-refractivity contribution in [2.45, 2.75) is 112 Å². The van der Waals surface area contributed by atoms with Gasteiger partial charge < -0.3 is 5.11 Å². The van der Waals surface area contributed by atoms with Gasteiger partial charge >= 0.3 is 0 Å². The molecule has 0 aliphatic heterocycles. The van der Waals surface area contributed by atoms with Gasteiger partial charge in [0, 0.05) is 44.1 Å². The van der Waals surface area contributed by atoms with Crippen molar-refractivity contribution in [1.29, 1.82) is 0 Å². The molecule has 0 spiro atoms. The van der Waals surface area contributed by atoms with E-state index < -0.39 is 23.0 Å². The van der Waals surface area contributed by atoms with Crippen molar-refractivity contribution >= 4 is 11.0 Å². The molecule has 5 heteroatoms. The van der Waals surface area contributed by atoms with Crippen LogP contribution in [-0.4, -0.2) is 19.6 Å². The number of phenols is 1. The fourth-order valence-electron chi connectivity index (χ4n) is 7.94. The number of rotatable bonds is 6. The zero-order valence-corrected chi connectivity index (χ0v) is 41.5. The van der Waals surface area contributed by atoms with Gasteiger partial charge in [-0.2, -0.15) is 0 Å². The van der Waals surface area contributed by atoms with E-state index in [1.54, 1.807) is 0 Å². The molecule has 0 fully saturated rings. The third-order valence-corrected chi connectivity index (χ3v) is 11.8. The van der Waals surface area contributed by atoms with E-state index in [1.165, 1.54) is 6.92 Å². The smallest absolute Gasteiger partial charge is 0.148 e. The molecule has 0 aliphatic carbocycles. The molecular formula is C59H62N3OPt-. The molecular weight excluding hydrogens is 962 g/mol. The Morgan fingerprint density at radius 2 is 1.20 bits per heavy atom. The standard InChI is InChI=1S/C59H62N3O.Pt/c1-37-22-24-38(25-23-37)40-28-29-60-50(33-40)42-30-41(31-44(32-42)57(5,6)7)46-20-17-21-52-53(46)61-55(48-35-45(58(8,9)10)36-49(54(48)63)59(11,12)13)62(52)51-27-26-43(56(2,3)4)34-47(51)39-18-15-14-16-19-39;/h14-29,31-36,63H,1-13H3;/q-1;/i22D,23D,24D,25D,28D,29D,33D;. The molecule has 0 unspecified atom stereocenters. The van der Waals surface area contributed by atoms with Crippen LogP contribution in [0.4, 0.5) is 0 Å². The maximum Gasteiger partial charge on any atom is 0.148 e. The average Bonchev–Trinajstić information content (AvgIpc) is 3.68.